The van der Waals surface area contributed by atoms with Gasteiger partial charge in [0, 0.05) is 26.6 Å². The molecule has 2 aliphatic heterocycles. The largest absolute Gasteiger partial charge is 0.356 e. The van der Waals surface area contributed by atoms with Crippen LogP contribution < -0.4 is 10.6 Å². The Morgan fingerprint density at radius 1 is 1.35 bits per heavy atom. The molecule has 2 heterocycles. The Hall–Kier alpha value is -1.63. The molecule has 112 valence electrons. The number of urea groups is 1. The summed E-state index contributed by atoms with van der Waals surface area (Å²) in [4.78, 5) is 38.1. The van der Waals surface area contributed by atoms with E-state index in [1.165, 1.54) is 11.8 Å². The fourth-order valence-corrected chi connectivity index (χ4v) is 2.64. The minimum absolute atomic E-state index is 0.103. The lowest BCUT2D eigenvalue weighted by Crippen LogP contribution is -2.41. The highest BCUT2D eigenvalue weighted by molar-refractivity contribution is 6.04. The van der Waals surface area contributed by atoms with Gasteiger partial charge >= 0.3 is 6.03 Å². The number of imide groups is 1. The zero-order valence-corrected chi connectivity index (χ0v) is 11.9. The Kier molecular flexibility index (Phi) is 4.94. The quantitative estimate of drug-likeness (QED) is 0.510. The van der Waals surface area contributed by atoms with E-state index in [-0.39, 0.29) is 17.8 Å². The van der Waals surface area contributed by atoms with Gasteiger partial charge in [-0.2, -0.15) is 0 Å². The molecule has 1 unspecified atom stereocenters. The number of rotatable bonds is 6. The second-order valence-electron chi connectivity index (χ2n) is 5.34. The van der Waals surface area contributed by atoms with Crippen molar-refractivity contribution in [1.82, 2.24) is 20.4 Å². The van der Waals surface area contributed by atoms with Crippen molar-refractivity contribution < 1.29 is 14.4 Å². The lowest BCUT2D eigenvalue weighted by atomic mass is 10.2. The Morgan fingerprint density at radius 3 is 2.70 bits per heavy atom. The fourth-order valence-electron chi connectivity index (χ4n) is 2.64. The van der Waals surface area contributed by atoms with Crippen LogP contribution in [0.1, 0.15) is 26.2 Å². The molecule has 0 spiro atoms. The van der Waals surface area contributed by atoms with Gasteiger partial charge in [-0.15, -0.1) is 0 Å². The fraction of sp³-hybridized carbons (Fsp3) is 0.769. The SMILES string of the molecule is CC(=O)NCCCN1C(=O)NC(CN2CCCC2)C1=O. The Morgan fingerprint density at radius 2 is 2.05 bits per heavy atom. The standard InChI is InChI=1S/C13H22N4O3/c1-10(18)14-5-4-8-17-12(19)11(15-13(17)20)9-16-6-2-3-7-16/h11H,2-9H2,1H3,(H,14,18)(H,15,20). The van der Waals surface area contributed by atoms with Crippen LogP contribution in [0.4, 0.5) is 4.79 Å². The second-order valence-corrected chi connectivity index (χ2v) is 5.34. The number of hydrogen-bond acceptors (Lipinski definition) is 4. The summed E-state index contributed by atoms with van der Waals surface area (Å²) in [6, 6.07) is -0.733. The van der Waals surface area contributed by atoms with Crippen molar-refractivity contribution in [1.29, 1.82) is 0 Å². The van der Waals surface area contributed by atoms with Crippen molar-refractivity contribution in [3.8, 4) is 0 Å². The van der Waals surface area contributed by atoms with Gasteiger partial charge in [0.2, 0.25) is 5.91 Å². The molecule has 2 saturated heterocycles. The first-order valence-electron chi connectivity index (χ1n) is 7.16. The minimum Gasteiger partial charge on any atom is -0.356 e. The van der Waals surface area contributed by atoms with Crippen molar-refractivity contribution in [3.05, 3.63) is 0 Å². The average Bonchev–Trinajstić information content (AvgIpc) is 2.97. The molecule has 7 nitrogen and oxygen atoms in total. The summed E-state index contributed by atoms with van der Waals surface area (Å²) < 4.78 is 0. The van der Waals surface area contributed by atoms with E-state index in [1.54, 1.807) is 0 Å². The van der Waals surface area contributed by atoms with E-state index in [0.717, 1.165) is 25.9 Å². The Labute approximate surface area is 118 Å². The van der Waals surface area contributed by atoms with E-state index in [0.29, 0.717) is 26.1 Å². The summed E-state index contributed by atoms with van der Waals surface area (Å²) in [5.74, 6) is -0.251. The molecule has 2 N–H and O–H groups in total. The van der Waals surface area contributed by atoms with Crippen molar-refractivity contribution in [3.63, 3.8) is 0 Å². The van der Waals surface area contributed by atoms with Gasteiger partial charge in [-0.25, -0.2) is 4.79 Å². The van der Waals surface area contributed by atoms with Crippen LogP contribution in [0.15, 0.2) is 0 Å². The monoisotopic (exact) mass is 282 g/mol. The van der Waals surface area contributed by atoms with Crippen molar-refractivity contribution in [2.24, 2.45) is 0 Å². The molecule has 2 fully saturated rings. The van der Waals surface area contributed by atoms with Crippen LogP contribution in [0.2, 0.25) is 0 Å². The third-order valence-corrected chi connectivity index (χ3v) is 3.68. The van der Waals surface area contributed by atoms with Gasteiger partial charge in [0.05, 0.1) is 0 Å². The maximum atomic E-state index is 12.2. The van der Waals surface area contributed by atoms with Gasteiger partial charge in [0.25, 0.3) is 5.91 Å². The molecule has 2 rings (SSSR count). The molecule has 4 amide bonds. The molecule has 1 atom stereocenters. The summed E-state index contributed by atoms with van der Waals surface area (Å²) >= 11 is 0. The average molecular weight is 282 g/mol. The zero-order valence-electron chi connectivity index (χ0n) is 11.9. The summed E-state index contributed by atoms with van der Waals surface area (Å²) in [5.41, 5.74) is 0. The van der Waals surface area contributed by atoms with Crippen LogP contribution in [0, 0.1) is 0 Å². The molecule has 0 saturated carbocycles. The highest BCUT2D eigenvalue weighted by Crippen LogP contribution is 2.12. The molecular formula is C13H22N4O3. The first-order valence-corrected chi connectivity index (χ1v) is 7.16. The van der Waals surface area contributed by atoms with Gasteiger partial charge in [0.15, 0.2) is 0 Å². The van der Waals surface area contributed by atoms with E-state index in [4.69, 9.17) is 0 Å². The normalized spacial score (nSPS) is 23.2. The van der Waals surface area contributed by atoms with Gasteiger partial charge in [-0.05, 0) is 32.4 Å². The third kappa shape index (κ3) is 3.69. The van der Waals surface area contributed by atoms with Gasteiger partial charge < -0.3 is 15.5 Å². The van der Waals surface area contributed by atoms with Gasteiger partial charge in [-0.1, -0.05) is 0 Å². The van der Waals surface area contributed by atoms with Gasteiger partial charge in [0.1, 0.15) is 6.04 Å². The van der Waals surface area contributed by atoms with E-state index in [9.17, 15) is 14.4 Å². The first kappa shape index (κ1) is 14.8. The molecule has 0 radical (unpaired) electrons. The van der Waals surface area contributed by atoms with Crippen LogP contribution >= 0.6 is 0 Å². The molecule has 2 aliphatic rings. The summed E-state index contributed by atoms with van der Waals surface area (Å²) in [7, 11) is 0. The predicted octanol–water partition coefficient (Wildman–Crippen LogP) is -0.471. The highest BCUT2D eigenvalue weighted by Gasteiger charge is 2.38. The lowest BCUT2D eigenvalue weighted by molar-refractivity contribution is -0.127. The number of nitrogens with one attached hydrogen (secondary N) is 2. The zero-order chi connectivity index (χ0) is 14.5. The van der Waals surface area contributed by atoms with Gasteiger partial charge in [-0.3, -0.25) is 14.5 Å². The number of carbonyl (C=O) groups is 3. The number of nitrogens with zero attached hydrogens (tertiary/aromatic N) is 2. The van der Waals surface area contributed by atoms with Crippen molar-refractivity contribution in [2.45, 2.75) is 32.2 Å². The van der Waals surface area contributed by atoms with E-state index in [2.05, 4.69) is 15.5 Å². The van der Waals surface area contributed by atoms with Crippen LogP contribution in [-0.2, 0) is 9.59 Å². The van der Waals surface area contributed by atoms with Crippen LogP contribution in [0.3, 0.4) is 0 Å². The third-order valence-electron chi connectivity index (χ3n) is 3.68. The summed E-state index contributed by atoms with van der Waals surface area (Å²) in [6.45, 7) is 4.88. The molecule has 0 aromatic carbocycles. The molecule has 20 heavy (non-hydrogen) atoms. The van der Waals surface area contributed by atoms with E-state index < -0.39 is 6.04 Å². The van der Waals surface area contributed by atoms with E-state index >= 15 is 0 Å². The molecule has 0 bridgehead atoms. The predicted molar refractivity (Wildman–Crippen MR) is 73.0 cm³/mol. The molecule has 0 aromatic heterocycles. The van der Waals surface area contributed by atoms with Crippen LogP contribution in [-0.4, -0.2) is 66.4 Å². The minimum atomic E-state index is -0.415. The first-order chi connectivity index (χ1) is 9.58. The maximum Gasteiger partial charge on any atom is 0.324 e. The Balaban J connectivity index is 1.77. The number of likely N-dealkylation sites (tertiary alicyclic amines) is 1. The van der Waals surface area contributed by atoms with E-state index in [1.807, 2.05) is 0 Å². The van der Waals surface area contributed by atoms with Crippen molar-refractivity contribution >= 4 is 17.8 Å². The lowest BCUT2D eigenvalue weighted by Gasteiger charge is -2.18. The second kappa shape index (κ2) is 6.69. The maximum absolute atomic E-state index is 12.2. The Bertz CT molecular complexity index is 393. The topological polar surface area (TPSA) is 81.8 Å². The smallest absolute Gasteiger partial charge is 0.324 e. The highest BCUT2D eigenvalue weighted by atomic mass is 16.2. The number of amides is 4. The molecular weight excluding hydrogens is 260 g/mol. The molecule has 7 heteroatoms. The van der Waals surface area contributed by atoms with Crippen LogP contribution in [0.5, 0.6) is 0 Å². The molecule has 0 aromatic rings. The summed E-state index contributed by atoms with van der Waals surface area (Å²) in [6.07, 6.45) is 2.90. The molecule has 0 aliphatic carbocycles. The van der Waals surface area contributed by atoms with Crippen molar-refractivity contribution in [2.75, 3.05) is 32.7 Å². The number of carbonyl (C=O) groups excluding carboxylic acids is 3. The summed E-state index contributed by atoms with van der Waals surface area (Å²) in [5, 5.41) is 5.39. The van der Waals surface area contributed by atoms with Crippen LogP contribution in [0.25, 0.3) is 0 Å². The number of hydrogen-bond donors (Lipinski definition) is 2.